The molecule has 1 aliphatic carbocycles. The Morgan fingerprint density at radius 3 is 2.59 bits per heavy atom. The molecule has 2 aromatic carbocycles. The van der Waals surface area contributed by atoms with Crippen LogP contribution in [0.15, 0.2) is 72.1 Å². The second-order valence-corrected chi connectivity index (χ2v) is 9.52. The normalized spacial score (nSPS) is 17.9. The summed E-state index contributed by atoms with van der Waals surface area (Å²) in [6.07, 6.45) is 7.76. The standard InChI is InChI=1S/C24H25O2S/c1-24(2,20-9-4-3-5-10-20)26-23(25)19-12-14-21(15-13-19)27-17-16-18-8-6-7-11-22(18)27/h4,6-9,11-17,20H,3,5,10H2,1-2H3/q+1. The highest BCUT2D eigenvalue weighted by Crippen LogP contribution is 2.39. The number of fused-ring (bicyclic) bond motifs is 1. The molecule has 2 nitrogen and oxygen atoms in total. The van der Waals surface area contributed by atoms with E-state index in [0.717, 1.165) is 19.3 Å². The fourth-order valence-corrected chi connectivity index (χ4v) is 5.63. The minimum atomic E-state index is -0.485. The first-order valence-corrected chi connectivity index (χ1v) is 10.8. The summed E-state index contributed by atoms with van der Waals surface area (Å²) in [6.45, 7) is 4.03. The third-order valence-corrected chi connectivity index (χ3v) is 7.42. The second-order valence-electron chi connectivity index (χ2n) is 7.66. The number of hydrogen-bond acceptors (Lipinski definition) is 2. The van der Waals surface area contributed by atoms with Gasteiger partial charge in [0.05, 0.1) is 5.56 Å². The summed E-state index contributed by atoms with van der Waals surface area (Å²) in [5, 5.41) is 3.53. The lowest BCUT2D eigenvalue weighted by Gasteiger charge is -2.33. The van der Waals surface area contributed by atoms with Gasteiger partial charge >= 0.3 is 5.97 Å². The highest BCUT2D eigenvalue weighted by Gasteiger charge is 2.32. The maximum atomic E-state index is 12.7. The fraction of sp³-hybridized carbons (Fsp3) is 0.292. The third-order valence-electron chi connectivity index (χ3n) is 5.39. The first kappa shape index (κ1) is 18.0. The number of carbonyl (C=O) groups excluding carboxylic acids is 1. The number of allylic oxidation sites excluding steroid dienone is 1. The lowest BCUT2D eigenvalue weighted by atomic mass is 9.83. The average Bonchev–Trinajstić information content (AvgIpc) is 3.13. The summed E-state index contributed by atoms with van der Waals surface area (Å²) in [7, 11) is -0.0518. The molecule has 0 saturated carbocycles. The van der Waals surface area contributed by atoms with Crippen LogP contribution in [0.4, 0.5) is 0 Å². The molecule has 0 bridgehead atoms. The molecule has 0 aliphatic heterocycles. The smallest absolute Gasteiger partial charge is 0.338 e. The van der Waals surface area contributed by atoms with E-state index in [9.17, 15) is 4.79 Å². The van der Waals surface area contributed by atoms with Gasteiger partial charge in [-0.1, -0.05) is 24.3 Å². The number of hydrogen-bond donors (Lipinski definition) is 0. The molecular formula is C24H25O2S+. The van der Waals surface area contributed by atoms with Crippen molar-refractivity contribution in [2.24, 2.45) is 5.92 Å². The molecule has 3 heteroatoms. The monoisotopic (exact) mass is 377 g/mol. The molecule has 0 spiro atoms. The number of benzene rings is 2. The highest BCUT2D eigenvalue weighted by molar-refractivity contribution is 7.43. The number of esters is 1. The molecule has 2 unspecified atom stereocenters. The molecule has 0 saturated heterocycles. The molecule has 0 fully saturated rings. The predicted octanol–water partition coefficient (Wildman–Crippen LogP) is 6.87. The van der Waals surface area contributed by atoms with E-state index in [1.807, 2.05) is 26.0 Å². The predicted molar refractivity (Wildman–Crippen MR) is 114 cm³/mol. The lowest BCUT2D eigenvalue weighted by molar-refractivity contribution is -0.0225. The Kier molecular flexibility index (Phi) is 4.88. The Labute approximate surface area is 163 Å². The largest absolute Gasteiger partial charge is 0.455 e. The average molecular weight is 378 g/mol. The molecule has 0 radical (unpaired) electrons. The Hall–Kier alpha value is -2.39. The maximum absolute atomic E-state index is 12.7. The van der Waals surface area contributed by atoms with Crippen LogP contribution in [-0.4, -0.2) is 11.6 Å². The van der Waals surface area contributed by atoms with Crippen molar-refractivity contribution in [3.63, 3.8) is 0 Å². The van der Waals surface area contributed by atoms with Gasteiger partial charge in [-0.25, -0.2) is 4.79 Å². The van der Waals surface area contributed by atoms with Crippen molar-refractivity contribution >= 4 is 26.5 Å². The lowest BCUT2D eigenvalue weighted by Crippen LogP contribution is -2.36. The van der Waals surface area contributed by atoms with Gasteiger partial charge in [-0.2, -0.15) is 0 Å². The van der Waals surface area contributed by atoms with Crippen LogP contribution in [0.1, 0.15) is 43.5 Å². The number of ether oxygens (including phenoxy) is 1. The second kappa shape index (κ2) is 7.32. The topological polar surface area (TPSA) is 26.3 Å². The molecule has 27 heavy (non-hydrogen) atoms. The number of thiophene rings is 1. The van der Waals surface area contributed by atoms with Gasteiger partial charge in [0.1, 0.15) is 11.0 Å². The van der Waals surface area contributed by atoms with E-state index < -0.39 is 5.60 Å². The van der Waals surface area contributed by atoms with Gasteiger partial charge in [-0.05, 0) is 69.5 Å². The third kappa shape index (κ3) is 3.70. The van der Waals surface area contributed by atoms with E-state index >= 15 is 0 Å². The number of rotatable bonds is 4. The van der Waals surface area contributed by atoms with Gasteiger partial charge in [-0.15, -0.1) is 0 Å². The van der Waals surface area contributed by atoms with Crippen LogP contribution in [0.5, 0.6) is 0 Å². The summed E-state index contributed by atoms with van der Waals surface area (Å²) in [5.74, 6) is 0.0484. The molecule has 2 atom stereocenters. The van der Waals surface area contributed by atoms with Crippen molar-refractivity contribution in [1.29, 1.82) is 0 Å². The van der Waals surface area contributed by atoms with E-state index in [1.54, 1.807) is 0 Å². The molecule has 1 heterocycles. The zero-order chi connectivity index (χ0) is 18.9. The zero-order valence-electron chi connectivity index (χ0n) is 15.9. The van der Waals surface area contributed by atoms with Crippen LogP contribution in [0, 0.1) is 5.92 Å². The Morgan fingerprint density at radius 2 is 1.85 bits per heavy atom. The van der Waals surface area contributed by atoms with Crippen LogP contribution >= 0.6 is 10.5 Å². The van der Waals surface area contributed by atoms with E-state index in [2.05, 4.69) is 60.0 Å². The van der Waals surface area contributed by atoms with Crippen molar-refractivity contribution in [1.82, 2.24) is 0 Å². The van der Waals surface area contributed by atoms with Gasteiger partial charge in [0.15, 0.2) is 9.60 Å². The van der Waals surface area contributed by atoms with Crippen LogP contribution in [0.3, 0.4) is 0 Å². The van der Waals surface area contributed by atoms with Crippen molar-refractivity contribution in [3.05, 3.63) is 77.7 Å². The van der Waals surface area contributed by atoms with E-state index in [1.165, 1.54) is 15.0 Å². The van der Waals surface area contributed by atoms with E-state index in [4.69, 9.17) is 4.74 Å². The van der Waals surface area contributed by atoms with E-state index in [-0.39, 0.29) is 22.4 Å². The van der Waals surface area contributed by atoms with Crippen LogP contribution in [0.2, 0.25) is 0 Å². The first-order chi connectivity index (χ1) is 13.0. The fourth-order valence-electron chi connectivity index (χ4n) is 3.74. The summed E-state index contributed by atoms with van der Waals surface area (Å²) in [5.41, 5.74) is 0.133. The molecule has 0 amide bonds. The van der Waals surface area contributed by atoms with Gasteiger partial charge < -0.3 is 4.74 Å². The van der Waals surface area contributed by atoms with Crippen LogP contribution in [-0.2, 0) is 4.74 Å². The van der Waals surface area contributed by atoms with Gasteiger partial charge in [-0.3, -0.25) is 0 Å². The Bertz CT molecular complexity index is 979. The molecule has 138 valence electrons. The Morgan fingerprint density at radius 1 is 1.07 bits per heavy atom. The molecule has 1 aromatic heterocycles. The molecule has 3 aromatic rings. The molecular weight excluding hydrogens is 352 g/mol. The minimum absolute atomic E-state index is 0.0518. The summed E-state index contributed by atoms with van der Waals surface area (Å²) < 4.78 is 7.23. The van der Waals surface area contributed by atoms with Crippen molar-refractivity contribution in [3.8, 4) is 4.90 Å². The number of carbonyl (C=O) groups is 1. The van der Waals surface area contributed by atoms with Gasteiger partial charge in [0, 0.05) is 27.8 Å². The molecule has 1 aliphatic rings. The van der Waals surface area contributed by atoms with E-state index in [0.29, 0.717) is 5.56 Å². The Balaban J connectivity index is 1.52. The first-order valence-electron chi connectivity index (χ1n) is 9.55. The minimum Gasteiger partial charge on any atom is -0.455 e. The van der Waals surface area contributed by atoms with Gasteiger partial charge in [0.2, 0.25) is 0 Å². The molecule has 0 N–H and O–H groups in total. The van der Waals surface area contributed by atoms with Crippen molar-refractivity contribution < 1.29 is 9.53 Å². The highest BCUT2D eigenvalue weighted by atomic mass is 32.2. The zero-order valence-corrected chi connectivity index (χ0v) is 16.7. The molecule has 4 rings (SSSR count). The van der Waals surface area contributed by atoms with Crippen LogP contribution < -0.4 is 0 Å². The summed E-state index contributed by atoms with van der Waals surface area (Å²) >= 11 is 0. The summed E-state index contributed by atoms with van der Waals surface area (Å²) in [4.78, 5) is 13.9. The van der Waals surface area contributed by atoms with Gasteiger partial charge in [0.25, 0.3) is 0 Å². The summed E-state index contributed by atoms with van der Waals surface area (Å²) in [6, 6.07) is 18.6. The quantitative estimate of drug-likeness (QED) is 0.282. The maximum Gasteiger partial charge on any atom is 0.338 e. The van der Waals surface area contributed by atoms with Crippen molar-refractivity contribution in [2.45, 2.75) is 38.7 Å². The van der Waals surface area contributed by atoms with Crippen LogP contribution in [0.25, 0.3) is 15.0 Å². The SMILES string of the molecule is CC(C)(OC(=O)c1ccc(-[s+]2ccc3ccccc32)cc1)C1C=CCCC1. The van der Waals surface area contributed by atoms with Crippen molar-refractivity contribution in [2.75, 3.05) is 0 Å².